The lowest BCUT2D eigenvalue weighted by molar-refractivity contribution is -0.122. The van der Waals surface area contributed by atoms with E-state index in [1.54, 1.807) is 0 Å². The SMILES string of the molecule is CCOc1ccc(S(=O)(=O)N[C@H](C)C(=O)NCCCN2CCOCC2)cc1Cl. The molecular weight excluding hydrogens is 406 g/mol. The van der Waals surface area contributed by atoms with Gasteiger partial charge in [0.2, 0.25) is 15.9 Å². The summed E-state index contributed by atoms with van der Waals surface area (Å²) in [4.78, 5) is 14.4. The summed E-state index contributed by atoms with van der Waals surface area (Å²) in [6.45, 7) is 8.36. The predicted molar refractivity (Wildman–Crippen MR) is 107 cm³/mol. The Bertz CT molecular complexity index is 754. The third-order valence-electron chi connectivity index (χ3n) is 4.29. The van der Waals surface area contributed by atoms with E-state index >= 15 is 0 Å². The molecule has 0 aliphatic carbocycles. The monoisotopic (exact) mass is 433 g/mol. The fourth-order valence-corrected chi connectivity index (χ4v) is 4.30. The molecule has 1 fully saturated rings. The molecule has 1 saturated heterocycles. The summed E-state index contributed by atoms with van der Waals surface area (Å²) in [5, 5.41) is 2.96. The number of sulfonamides is 1. The van der Waals surface area contributed by atoms with Gasteiger partial charge in [0.15, 0.2) is 0 Å². The zero-order valence-electron chi connectivity index (χ0n) is 16.2. The summed E-state index contributed by atoms with van der Waals surface area (Å²) in [5.41, 5.74) is 0. The first-order chi connectivity index (χ1) is 13.3. The van der Waals surface area contributed by atoms with E-state index in [2.05, 4.69) is 14.9 Å². The van der Waals surface area contributed by atoms with Crippen LogP contribution in [-0.2, 0) is 19.6 Å². The van der Waals surface area contributed by atoms with Crippen molar-refractivity contribution in [3.05, 3.63) is 23.2 Å². The second-order valence-corrected chi connectivity index (χ2v) is 8.59. The largest absolute Gasteiger partial charge is 0.492 e. The van der Waals surface area contributed by atoms with Gasteiger partial charge in [-0.1, -0.05) is 11.6 Å². The third-order valence-corrected chi connectivity index (χ3v) is 6.13. The van der Waals surface area contributed by atoms with E-state index in [1.165, 1.54) is 25.1 Å². The number of benzene rings is 1. The zero-order chi connectivity index (χ0) is 20.6. The molecule has 0 aromatic heterocycles. The molecule has 2 rings (SSSR count). The average Bonchev–Trinajstić information content (AvgIpc) is 2.67. The van der Waals surface area contributed by atoms with E-state index in [-0.39, 0.29) is 15.8 Å². The molecule has 0 saturated carbocycles. The Morgan fingerprint density at radius 3 is 2.71 bits per heavy atom. The Labute approximate surface area is 171 Å². The number of nitrogens with one attached hydrogen (secondary N) is 2. The third kappa shape index (κ3) is 6.89. The quantitative estimate of drug-likeness (QED) is 0.539. The van der Waals surface area contributed by atoms with Gasteiger partial charge < -0.3 is 14.8 Å². The molecule has 1 aromatic rings. The lowest BCUT2D eigenvalue weighted by Crippen LogP contribution is -2.45. The summed E-state index contributed by atoms with van der Waals surface area (Å²) < 4.78 is 38.0. The van der Waals surface area contributed by atoms with Crippen molar-refractivity contribution < 1.29 is 22.7 Å². The van der Waals surface area contributed by atoms with Gasteiger partial charge in [0.05, 0.1) is 35.8 Å². The molecule has 1 aliphatic heterocycles. The molecule has 28 heavy (non-hydrogen) atoms. The van der Waals surface area contributed by atoms with Crippen molar-refractivity contribution in [2.75, 3.05) is 46.0 Å². The van der Waals surface area contributed by atoms with Gasteiger partial charge in [-0.25, -0.2) is 8.42 Å². The van der Waals surface area contributed by atoms with Gasteiger partial charge in [-0.2, -0.15) is 4.72 Å². The van der Waals surface area contributed by atoms with Crippen LogP contribution in [0.2, 0.25) is 5.02 Å². The van der Waals surface area contributed by atoms with Crippen molar-refractivity contribution in [3.8, 4) is 5.75 Å². The molecule has 1 amide bonds. The minimum Gasteiger partial charge on any atom is -0.492 e. The average molecular weight is 434 g/mol. The van der Waals surface area contributed by atoms with E-state index in [0.29, 0.717) is 18.9 Å². The highest BCUT2D eigenvalue weighted by Gasteiger charge is 2.23. The summed E-state index contributed by atoms with van der Waals surface area (Å²) in [6.07, 6.45) is 0.791. The van der Waals surface area contributed by atoms with E-state index in [1.807, 2.05) is 6.92 Å². The van der Waals surface area contributed by atoms with Crippen molar-refractivity contribution >= 4 is 27.5 Å². The standard InChI is InChI=1S/C18H28ClN3O5S/c1-3-27-17-6-5-15(13-16(17)19)28(24,25)21-14(2)18(23)20-7-4-8-22-9-11-26-12-10-22/h5-6,13-14,21H,3-4,7-12H2,1-2H3,(H,20,23)/t14-/m1/s1. The number of hydrogen-bond donors (Lipinski definition) is 2. The van der Waals surface area contributed by atoms with Crippen LogP contribution in [0, 0.1) is 0 Å². The highest BCUT2D eigenvalue weighted by Crippen LogP contribution is 2.27. The van der Waals surface area contributed by atoms with Crippen LogP contribution >= 0.6 is 11.6 Å². The topological polar surface area (TPSA) is 97.0 Å². The lowest BCUT2D eigenvalue weighted by atomic mass is 10.3. The highest BCUT2D eigenvalue weighted by atomic mass is 35.5. The van der Waals surface area contributed by atoms with Crippen LogP contribution in [0.5, 0.6) is 5.75 Å². The fraction of sp³-hybridized carbons (Fsp3) is 0.611. The summed E-state index contributed by atoms with van der Waals surface area (Å²) in [7, 11) is -3.88. The normalized spacial score (nSPS) is 16.5. The van der Waals surface area contributed by atoms with Crippen LogP contribution in [0.15, 0.2) is 23.1 Å². The molecule has 0 spiro atoms. The first-order valence-electron chi connectivity index (χ1n) is 9.36. The number of amides is 1. The van der Waals surface area contributed by atoms with Gasteiger partial charge in [-0.3, -0.25) is 9.69 Å². The molecule has 0 unspecified atom stereocenters. The first-order valence-corrected chi connectivity index (χ1v) is 11.2. The van der Waals surface area contributed by atoms with Crippen LogP contribution in [0.3, 0.4) is 0 Å². The Morgan fingerprint density at radius 1 is 1.36 bits per heavy atom. The minimum absolute atomic E-state index is 0.0204. The maximum absolute atomic E-state index is 12.5. The number of rotatable bonds is 10. The van der Waals surface area contributed by atoms with Crippen LogP contribution in [0.4, 0.5) is 0 Å². The molecule has 1 atom stereocenters. The molecule has 8 nitrogen and oxygen atoms in total. The second kappa shape index (κ2) is 11.0. The first kappa shape index (κ1) is 22.9. The van der Waals surface area contributed by atoms with Gasteiger partial charge in [-0.15, -0.1) is 0 Å². The van der Waals surface area contributed by atoms with E-state index < -0.39 is 16.1 Å². The van der Waals surface area contributed by atoms with Crippen molar-refractivity contribution in [1.82, 2.24) is 14.9 Å². The number of halogens is 1. The van der Waals surface area contributed by atoms with E-state index in [4.69, 9.17) is 21.1 Å². The molecule has 0 bridgehead atoms. The van der Waals surface area contributed by atoms with Gasteiger partial charge in [0, 0.05) is 19.6 Å². The highest BCUT2D eigenvalue weighted by molar-refractivity contribution is 7.89. The Hall–Kier alpha value is -1.39. The van der Waals surface area contributed by atoms with Gasteiger partial charge in [0.1, 0.15) is 5.75 Å². The summed E-state index contributed by atoms with van der Waals surface area (Å²) in [6, 6.07) is 3.30. The molecule has 1 aromatic carbocycles. The van der Waals surface area contributed by atoms with E-state index in [9.17, 15) is 13.2 Å². The van der Waals surface area contributed by atoms with Crippen LogP contribution < -0.4 is 14.8 Å². The van der Waals surface area contributed by atoms with Gasteiger partial charge in [0.25, 0.3) is 0 Å². The van der Waals surface area contributed by atoms with Crippen molar-refractivity contribution in [1.29, 1.82) is 0 Å². The van der Waals surface area contributed by atoms with Crippen LogP contribution in [-0.4, -0.2) is 71.3 Å². The summed E-state index contributed by atoms with van der Waals surface area (Å²) in [5.74, 6) is 0.0387. The smallest absolute Gasteiger partial charge is 0.241 e. The number of carbonyl (C=O) groups excluding carboxylic acids is 1. The molecular formula is C18H28ClN3O5S. The van der Waals surface area contributed by atoms with Crippen LogP contribution in [0.25, 0.3) is 0 Å². The number of ether oxygens (including phenoxy) is 2. The Balaban J connectivity index is 1.81. The lowest BCUT2D eigenvalue weighted by Gasteiger charge is -2.26. The molecule has 1 heterocycles. The van der Waals surface area contributed by atoms with Crippen LogP contribution in [0.1, 0.15) is 20.3 Å². The number of morpholine rings is 1. The summed E-state index contributed by atoms with van der Waals surface area (Å²) >= 11 is 6.05. The van der Waals surface area contributed by atoms with Crippen molar-refractivity contribution in [3.63, 3.8) is 0 Å². The fourth-order valence-electron chi connectivity index (χ4n) is 2.77. The maximum atomic E-state index is 12.5. The second-order valence-electron chi connectivity index (χ2n) is 6.47. The number of hydrogen-bond acceptors (Lipinski definition) is 6. The molecule has 0 radical (unpaired) electrons. The van der Waals surface area contributed by atoms with Gasteiger partial charge in [-0.05, 0) is 45.0 Å². The maximum Gasteiger partial charge on any atom is 0.241 e. The zero-order valence-corrected chi connectivity index (χ0v) is 17.8. The van der Waals surface area contributed by atoms with E-state index in [0.717, 1.165) is 39.3 Å². The number of carbonyl (C=O) groups is 1. The van der Waals surface area contributed by atoms with Crippen molar-refractivity contribution in [2.45, 2.75) is 31.2 Å². The molecule has 2 N–H and O–H groups in total. The van der Waals surface area contributed by atoms with Crippen molar-refractivity contribution in [2.24, 2.45) is 0 Å². The Kier molecular flexibility index (Phi) is 8.97. The van der Waals surface area contributed by atoms with Gasteiger partial charge >= 0.3 is 0 Å². The molecule has 158 valence electrons. The molecule has 1 aliphatic rings. The number of nitrogens with zero attached hydrogens (tertiary/aromatic N) is 1. The predicted octanol–water partition coefficient (Wildman–Crippen LogP) is 1.24. The Morgan fingerprint density at radius 2 is 2.07 bits per heavy atom. The minimum atomic E-state index is -3.88. The molecule has 10 heteroatoms.